The van der Waals surface area contributed by atoms with Gasteiger partial charge in [0, 0.05) is 44.7 Å². The molecule has 1 aliphatic heterocycles. The third kappa shape index (κ3) is 5.06. The number of hydrogen-bond donors (Lipinski definition) is 0. The molecular formula is C19H22F3N3O4. The molecule has 1 aromatic carbocycles. The molecule has 0 aliphatic carbocycles. The summed E-state index contributed by atoms with van der Waals surface area (Å²) in [6.07, 6.45) is -2.79. The maximum Gasteiger partial charge on any atom is 0.573 e. The molecule has 0 saturated carbocycles. The van der Waals surface area contributed by atoms with Gasteiger partial charge in [-0.25, -0.2) is 0 Å². The Morgan fingerprint density at radius 2 is 1.90 bits per heavy atom. The zero-order chi connectivity index (χ0) is 21.1. The second-order valence-corrected chi connectivity index (χ2v) is 7.02. The molecule has 1 aromatic heterocycles. The number of nitrogens with zero attached hydrogens (tertiary/aromatic N) is 3. The highest BCUT2D eigenvalue weighted by molar-refractivity contribution is 5.94. The van der Waals surface area contributed by atoms with E-state index in [1.165, 1.54) is 12.1 Å². The van der Waals surface area contributed by atoms with Crippen LogP contribution in [0.5, 0.6) is 5.75 Å². The maximum atomic E-state index is 12.8. The Labute approximate surface area is 165 Å². The van der Waals surface area contributed by atoms with Crippen LogP contribution in [-0.4, -0.2) is 54.1 Å². The molecule has 0 spiro atoms. The quantitative estimate of drug-likeness (QED) is 0.722. The first-order valence-corrected chi connectivity index (χ1v) is 9.17. The van der Waals surface area contributed by atoms with Crippen LogP contribution in [0.1, 0.15) is 41.3 Å². The average molecular weight is 413 g/mol. The minimum absolute atomic E-state index is 0.242. The first-order valence-electron chi connectivity index (χ1n) is 9.17. The van der Waals surface area contributed by atoms with Gasteiger partial charge in [0.05, 0.1) is 0 Å². The van der Waals surface area contributed by atoms with Crippen LogP contribution >= 0.6 is 0 Å². The number of carbonyl (C=O) groups is 1. The number of aryl methyl sites for hydroxylation is 1. The van der Waals surface area contributed by atoms with E-state index in [0.717, 1.165) is 12.1 Å². The summed E-state index contributed by atoms with van der Waals surface area (Å²) in [5.74, 6) is 0.496. The van der Waals surface area contributed by atoms with Crippen LogP contribution in [0.3, 0.4) is 0 Å². The van der Waals surface area contributed by atoms with Gasteiger partial charge in [0.25, 0.3) is 5.91 Å². The van der Waals surface area contributed by atoms with E-state index in [1.807, 2.05) is 0 Å². The fourth-order valence-corrected chi connectivity index (χ4v) is 3.52. The lowest BCUT2D eigenvalue weighted by molar-refractivity contribution is -0.274. The number of halogens is 3. The van der Waals surface area contributed by atoms with E-state index in [1.54, 1.807) is 18.9 Å². The summed E-state index contributed by atoms with van der Waals surface area (Å²) in [6, 6.07) is 4.93. The van der Waals surface area contributed by atoms with Crippen molar-refractivity contribution < 1.29 is 32.0 Å². The summed E-state index contributed by atoms with van der Waals surface area (Å²) in [5.41, 5.74) is -0.0334. The van der Waals surface area contributed by atoms with Gasteiger partial charge in [-0.05, 0) is 43.5 Å². The molecule has 2 heterocycles. The van der Waals surface area contributed by atoms with Crippen LogP contribution in [0.15, 0.2) is 28.8 Å². The normalized spacial score (nSPS) is 16.7. The fourth-order valence-electron chi connectivity index (χ4n) is 3.52. The molecule has 158 valence electrons. The molecule has 1 aliphatic rings. The van der Waals surface area contributed by atoms with Crippen LogP contribution in [0.2, 0.25) is 0 Å². The van der Waals surface area contributed by atoms with Crippen molar-refractivity contribution in [1.29, 1.82) is 0 Å². The van der Waals surface area contributed by atoms with E-state index in [9.17, 15) is 18.0 Å². The van der Waals surface area contributed by atoms with E-state index in [-0.39, 0.29) is 17.1 Å². The number of hydrogen-bond acceptors (Lipinski definition) is 6. The predicted octanol–water partition coefficient (Wildman–Crippen LogP) is 3.49. The van der Waals surface area contributed by atoms with Crippen molar-refractivity contribution in [2.75, 3.05) is 26.8 Å². The molecule has 0 N–H and O–H groups in total. The van der Waals surface area contributed by atoms with Gasteiger partial charge in [-0.1, -0.05) is 5.16 Å². The van der Waals surface area contributed by atoms with Gasteiger partial charge in [0.2, 0.25) is 5.89 Å². The van der Waals surface area contributed by atoms with Crippen LogP contribution in [0.4, 0.5) is 13.2 Å². The lowest BCUT2D eigenvalue weighted by Crippen LogP contribution is -2.46. The second kappa shape index (κ2) is 8.40. The molecule has 1 saturated heterocycles. The molecule has 29 heavy (non-hydrogen) atoms. The molecule has 3 rings (SSSR count). The molecular weight excluding hydrogens is 391 g/mol. The maximum absolute atomic E-state index is 12.8. The predicted molar refractivity (Wildman–Crippen MR) is 95.5 cm³/mol. The minimum Gasteiger partial charge on any atom is -0.406 e. The first-order chi connectivity index (χ1) is 13.7. The fraction of sp³-hybridized carbons (Fsp3) is 0.526. The second-order valence-electron chi connectivity index (χ2n) is 7.02. The van der Waals surface area contributed by atoms with Gasteiger partial charge in [0.15, 0.2) is 5.82 Å². The third-order valence-electron chi connectivity index (χ3n) is 5.13. The van der Waals surface area contributed by atoms with E-state index >= 15 is 0 Å². The molecule has 0 radical (unpaired) electrons. The lowest BCUT2D eigenvalue weighted by atomic mass is 9.75. The van der Waals surface area contributed by atoms with Crippen molar-refractivity contribution in [2.45, 2.75) is 38.0 Å². The van der Waals surface area contributed by atoms with Crippen LogP contribution in [0, 0.1) is 6.92 Å². The zero-order valence-corrected chi connectivity index (χ0v) is 16.2. The number of ether oxygens (including phenoxy) is 2. The lowest BCUT2D eigenvalue weighted by Gasteiger charge is -2.39. The van der Waals surface area contributed by atoms with E-state index in [2.05, 4.69) is 14.9 Å². The van der Waals surface area contributed by atoms with Crippen LogP contribution in [0.25, 0.3) is 0 Å². The third-order valence-corrected chi connectivity index (χ3v) is 5.13. The number of carbonyl (C=O) groups excluding carboxylic acids is 1. The van der Waals surface area contributed by atoms with Crippen molar-refractivity contribution in [3.05, 3.63) is 41.5 Å². The Kier molecular flexibility index (Phi) is 6.11. The van der Waals surface area contributed by atoms with Crippen LogP contribution < -0.4 is 4.74 Å². The number of benzene rings is 1. The molecule has 10 heteroatoms. The van der Waals surface area contributed by atoms with Crippen molar-refractivity contribution >= 4 is 5.91 Å². The topological polar surface area (TPSA) is 77.7 Å². The summed E-state index contributed by atoms with van der Waals surface area (Å²) in [7, 11) is 1.62. The van der Waals surface area contributed by atoms with Gasteiger partial charge in [0.1, 0.15) is 5.75 Å². The van der Waals surface area contributed by atoms with Gasteiger partial charge < -0.3 is 18.9 Å². The summed E-state index contributed by atoms with van der Waals surface area (Å²) < 4.78 is 51.0. The first kappa shape index (κ1) is 21.1. The van der Waals surface area contributed by atoms with Gasteiger partial charge >= 0.3 is 6.36 Å². The van der Waals surface area contributed by atoms with Crippen molar-refractivity contribution in [3.63, 3.8) is 0 Å². The van der Waals surface area contributed by atoms with Crippen LogP contribution in [-0.2, 0) is 10.2 Å². The molecule has 0 atom stereocenters. The highest BCUT2D eigenvalue weighted by Gasteiger charge is 2.41. The van der Waals surface area contributed by atoms with Gasteiger partial charge in [-0.2, -0.15) is 4.98 Å². The molecule has 0 bridgehead atoms. The monoisotopic (exact) mass is 413 g/mol. The van der Waals surface area contributed by atoms with E-state index in [4.69, 9.17) is 9.26 Å². The van der Waals surface area contributed by atoms with Crippen molar-refractivity contribution in [3.8, 4) is 5.75 Å². The summed E-state index contributed by atoms with van der Waals surface area (Å²) >= 11 is 0. The number of likely N-dealkylation sites (tertiary alicyclic amines) is 1. The van der Waals surface area contributed by atoms with E-state index < -0.39 is 6.36 Å². The summed E-state index contributed by atoms with van der Waals surface area (Å²) in [5, 5.41) is 4.08. The molecule has 2 aromatic rings. The van der Waals surface area contributed by atoms with Gasteiger partial charge in [-0.3, -0.25) is 4.79 Å². The number of amides is 1. The summed E-state index contributed by atoms with van der Waals surface area (Å²) in [4.78, 5) is 18.8. The van der Waals surface area contributed by atoms with E-state index in [0.29, 0.717) is 56.2 Å². The SMILES string of the molecule is COCCC1(c2noc(C)n2)CCN(C(=O)c2ccc(OC(F)(F)F)cc2)CC1. The van der Waals surface area contributed by atoms with Crippen molar-refractivity contribution in [2.24, 2.45) is 0 Å². The molecule has 7 nitrogen and oxygen atoms in total. The average Bonchev–Trinajstić information content (AvgIpc) is 3.13. The zero-order valence-electron chi connectivity index (χ0n) is 16.2. The Morgan fingerprint density at radius 1 is 1.24 bits per heavy atom. The van der Waals surface area contributed by atoms with Crippen molar-refractivity contribution in [1.82, 2.24) is 15.0 Å². The number of methoxy groups -OCH3 is 1. The number of aromatic nitrogens is 2. The molecule has 0 unspecified atom stereocenters. The number of piperidine rings is 1. The Balaban J connectivity index is 1.67. The standard InChI is InChI=1S/C19H22F3N3O4/c1-13-23-17(24-29-13)18(9-12-27-2)7-10-25(11-8-18)16(26)14-3-5-15(6-4-14)28-19(20,21)22/h3-6H,7-12H2,1-2H3. The minimum atomic E-state index is -4.77. The Morgan fingerprint density at radius 3 is 2.41 bits per heavy atom. The van der Waals surface area contributed by atoms with Gasteiger partial charge in [-0.15, -0.1) is 13.2 Å². The largest absolute Gasteiger partial charge is 0.573 e. The highest BCUT2D eigenvalue weighted by Crippen LogP contribution is 2.37. The Hall–Kier alpha value is -2.62. The summed E-state index contributed by atoms with van der Waals surface area (Å²) in [6.45, 7) is 3.20. The molecule has 1 amide bonds. The number of rotatable bonds is 6. The number of alkyl halides is 3. The smallest absolute Gasteiger partial charge is 0.406 e. The molecule has 1 fully saturated rings. The Bertz CT molecular complexity index is 828. The highest BCUT2D eigenvalue weighted by atomic mass is 19.4.